The lowest BCUT2D eigenvalue weighted by molar-refractivity contribution is -0.384. The molecule has 2 atom stereocenters. The Morgan fingerprint density at radius 3 is 2.67 bits per heavy atom. The Bertz CT molecular complexity index is 940. The first kappa shape index (κ1) is 21.6. The third kappa shape index (κ3) is 4.38. The van der Waals surface area contributed by atoms with E-state index in [1.807, 2.05) is 6.92 Å². The van der Waals surface area contributed by atoms with Gasteiger partial charge in [-0.1, -0.05) is 18.7 Å². The smallest absolute Gasteiger partial charge is 0.356 e. The molecule has 0 saturated carbocycles. The molecule has 2 aliphatic rings. The molecule has 2 amide bonds. The highest BCUT2D eigenvalue weighted by molar-refractivity contribution is 8.05. The molecule has 30 heavy (non-hydrogen) atoms. The second-order valence-corrected chi connectivity index (χ2v) is 7.89. The monoisotopic (exact) mass is 431 g/mol. The number of carbonyl (C=O) groups excluding carboxylic acids is 3. The van der Waals surface area contributed by atoms with Gasteiger partial charge in [0.2, 0.25) is 11.8 Å². The number of ether oxygens (including phenoxy) is 1. The van der Waals surface area contributed by atoms with E-state index in [-0.39, 0.29) is 41.8 Å². The molecule has 1 aromatic rings. The summed E-state index contributed by atoms with van der Waals surface area (Å²) in [6.45, 7) is 3.26. The summed E-state index contributed by atoms with van der Waals surface area (Å²) in [6, 6.07) is 5.66. The number of β-lactam (4-membered cyclic amide) rings is 1. The molecule has 0 radical (unpaired) electrons. The first-order valence-electron chi connectivity index (χ1n) is 9.39. The summed E-state index contributed by atoms with van der Waals surface area (Å²) in [4.78, 5) is 48.7. The number of esters is 1. The minimum atomic E-state index is -0.616. The average Bonchev–Trinajstić information content (AvgIpc) is 3.04. The molecule has 2 aliphatic heterocycles. The van der Waals surface area contributed by atoms with E-state index in [4.69, 9.17) is 4.74 Å². The number of non-ortho nitro benzene ring substituents is 1. The molecule has 1 N–H and O–H groups in total. The average molecular weight is 431 g/mol. The summed E-state index contributed by atoms with van der Waals surface area (Å²) in [7, 11) is 0. The zero-order valence-corrected chi connectivity index (χ0v) is 17.3. The number of hydrogen-bond donors (Lipinski definition) is 1. The third-order valence-corrected chi connectivity index (χ3v) is 5.88. The predicted octanol–water partition coefficient (Wildman–Crippen LogP) is 2.83. The number of carbonyl (C=O) groups is 3. The third-order valence-electron chi connectivity index (χ3n) is 4.97. The van der Waals surface area contributed by atoms with E-state index in [0.717, 1.165) is 0 Å². The van der Waals surface area contributed by atoms with Crippen LogP contribution in [0.1, 0.15) is 32.3 Å². The van der Waals surface area contributed by atoms with Crippen molar-refractivity contribution in [2.45, 2.75) is 39.3 Å². The minimum absolute atomic E-state index is 0.0483. The van der Waals surface area contributed by atoms with Gasteiger partial charge in [-0.05, 0) is 29.5 Å². The molecule has 0 spiro atoms. The molecule has 1 saturated heterocycles. The molecule has 3 rings (SSSR count). The number of nitro groups is 1. The first-order valence-corrected chi connectivity index (χ1v) is 10.3. The molecule has 10 heteroatoms. The molecule has 0 aromatic heterocycles. The zero-order chi connectivity index (χ0) is 21.8. The van der Waals surface area contributed by atoms with E-state index < -0.39 is 10.9 Å². The second kappa shape index (κ2) is 9.12. The lowest BCUT2D eigenvalue weighted by Gasteiger charge is -2.43. The molecular weight excluding hydrogens is 410 g/mol. The fourth-order valence-corrected chi connectivity index (χ4v) is 4.36. The van der Waals surface area contributed by atoms with Crippen LogP contribution in [0.2, 0.25) is 0 Å². The Morgan fingerprint density at radius 2 is 2.07 bits per heavy atom. The van der Waals surface area contributed by atoms with Crippen LogP contribution >= 0.6 is 11.8 Å². The molecule has 0 bridgehead atoms. The van der Waals surface area contributed by atoms with Crippen molar-refractivity contribution < 1.29 is 24.0 Å². The van der Waals surface area contributed by atoms with E-state index in [2.05, 4.69) is 5.32 Å². The van der Waals surface area contributed by atoms with Gasteiger partial charge in [0, 0.05) is 36.6 Å². The summed E-state index contributed by atoms with van der Waals surface area (Å²) in [5.41, 5.74) is 0.784. The van der Waals surface area contributed by atoms with Crippen LogP contribution in [-0.2, 0) is 25.7 Å². The largest absolute Gasteiger partial charge is 0.456 e. The topological polar surface area (TPSA) is 119 Å². The summed E-state index contributed by atoms with van der Waals surface area (Å²) in [5.74, 6) is -1.03. The Morgan fingerprint density at radius 1 is 1.37 bits per heavy atom. The highest BCUT2D eigenvalue weighted by atomic mass is 32.2. The molecule has 158 valence electrons. The number of hydrogen-bond acceptors (Lipinski definition) is 7. The van der Waals surface area contributed by atoms with Gasteiger partial charge in [0.15, 0.2) is 0 Å². The Kier molecular flexibility index (Phi) is 6.56. The van der Waals surface area contributed by atoms with Gasteiger partial charge in [0.1, 0.15) is 12.3 Å². The van der Waals surface area contributed by atoms with Crippen LogP contribution in [-0.4, -0.2) is 33.6 Å². The molecule has 9 nitrogen and oxygen atoms in total. The number of rotatable bonds is 8. The van der Waals surface area contributed by atoms with E-state index >= 15 is 0 Å². The highest BCUT2D eigenvalue weighted by Gasteiger charge is 2.54. The van der Waals surface area contributed by atoms with Crippen molar-refractivity contribution in [1.82, 2.24) is 10.2 Å². The van der Waals surface area contributed by atoms with Crippen LogP contribution in [0.25, 0.3) is 0 Å². The van der Waals surface area contributed by atoms with Crippen molar-refractivity contribution in [3.05, 3.63) is 62.2 Å². The number of nitrogens with one attached hydrogen (secondary N) is 1. The Hall–Kier alpha value is -3.14. The second-order valence-electron chi connectivity index (χ2n) is 6.89. The van der Waals surface area contributed by atoms with Crippen molar-refractivity contribution >= 4 is 35.2 Å². The maximum Gasteiger partial charge on any atom is 0.356 e. The van der Waals surface area contributed by atoms with E-state index in [9.17, 15) is 24.5 Å². The molecule has 2 heterocycles. The van der Waals surface area contributed by atoms with Gasteiger partial charge in [0.05, 0.1) is 16.9 Å². The van der Waals surface area contributed by atoms with E-state index in [1.54, 1.807) is 5.41 Å². The van der Waals surface area contributed by atoms with Crippen LogP contribution in [0.3, 0.4) is 0 Å². The SMILES string of the molecule is CC[C@@H]1C(=O)N2C(C(=O)OCc3ccc([N+](=O)[O-])cc3)=C(SC=CNC(C)=O)C[C@H]12. The Balaban J connectivity index is 1.72. The number of nitro benzene ring substituents is 1. The van der Waals surface area contributed by atoms with E-state index in [0.29, 0.717) is 23.3 Å². The van der Waals surface area contributed by atoms with Gasteiger partial charge in [-0.25, -0.2) is 4.79 Å². The Labute approximate surface area is 177 Å². The summed E-state index contributed by atoms with van der Waals surface area (Å²) in [6.07, 6.45) is 2.74. The number of fused-ring (bicyclic) bond motifs is 1. The normalized spacial score (nSPS) is 20.2. The fraction of sp³-hybridized carbons (Fsp3) is 0.350. The summed E-state index contributed by atoms with van der Waals surface area (Å²) in [5, 5.41) is 14.9. The number of amides is 2. The van der Waals surface area contributed by atoms with Crippen LogP contribution in [0.4, 0.5) is 5.69 Å². The summed E-state index contributed by atoms with van der Waals surface area (Å²) < 4.78 is 5.39. The van der Waals surface area contributed by atoms with E-state index in [1.165, 1.54) is 54.1 Å². The zero-order valence-electron chi connectivity index (χ0n) is 16.5. The number of thioether (sulfide) groups is 1. The molecule has 0 aliphatic carbocycles. The van der Waals surface area contributed by atoms with Crippen molar-refractivity contribution in [2.75, 3.05) is 0 Å². The standard InChI is InChI=1S/C20H21N3O6S/c1-3-15-16-10-17(30-9-8-21-12(2)24)18(22(16)19(15)25)20(26)29-11-13-4-6-14(7-5-13)23(27)28/h4-9,15-16H,3,10-11H2,1-2H3,(H,21,24)/t15-,16+/m0/s1. The highest BCUT2D eigenvalue weighted by Crippen LogP contribution is 2.47. The molecular formula is C20H21N3O6S. The maximum absolute atomic E-state index is 12.8. The lowest BCUT2D eigenvalue weighted by atomic mass is 9.85. The summed E-state index contributed by atoms with van der Waals surface area (Å²) >= 11 is 1.27. The molecule has 1 fully saturated rings. The maximum atomic E-state index is 12.8. The van der Waals surface area contributed by atoms with Gasteiger partial charge in [-0.2, -0.15) is 0 Å². The number of nitrogens with zero attached hydrogens (tertiary/aromatic N) is 2. The van der Waals surface area contributed by atoms with Crippen LogP contribution in [0.15, 0.2) is 46.5 Å². The van der Waals surface area contributed by atoms with Crippen molar-refractivity contribution in [3.63, 3.8) is 0 Å². The number of benzene rings is 1. The predicted molar refractivity (Wildman–Crippen MR) is 109 cm³/mol. The minimum Gasteiger partial charge on any atom is -0.456 e. The molecule has 0 unspecified atom stereocenters. The van der Waals surface area contributed by atoms with Crippen molar-refractivity contribution in [2.24, 2.45) is 5.92 Å². The first-order chi connectivity index (χ1) is 14.3. The lowest BCUT2D eigenvalue weighted by Crippen LogP contribution is -2.58. The van der Waals surface area contributed by atoms with Crippen molar-refractivity contribution in [1.29, 1.82) is 0 Å². The van der Waals surface area contributed by atoms with Crippen LogP contribution in [0, 0.1) is 16.0 Å². The van der Waals surface area contributed by atoms with Gasteiger partial charge >= 0.3 is 5.97 Å². The van der Waals surface area contributed by atoms with Gasteiger partial charge in [-0.3, -0.25) is 19.7 Å². The van der Waals surface area contributed by atoms with Gasteiger partial charge in [0.25, 0.3) is 5.69 Å². The van der Waals surface area contributed by atoms with Crippen LogP contribution in [0.5, 0.6) is 0 Å². The quantitative estimate of drug-likeness (QED) is 0.291. The van der Waals surface area contributed by atoms with Crippen molar-refractivity contribution in [3.8, 4) is 0 Å². The van der Waals surface area contributed by atoms with Gasteiger partial charge < -0.3 is 15.0 Å². The fourth-order valence-electron chi connectivity index (χ4n) is 3.50. The molecule has 1 aromatic carbocycles. The van der Waals surface area contributed by atoms with Crippen LogP contribution < -0.4 is 5.32 Å². The van der Waals surface area contributed by atoms with Gasteiger partial charge in [-0.15, -0.1) is 0 Å².